The Labute approximate surface area is 89.8 Å². The van der Waals surface area contributed by atoms with Gasteiger partial charge in [0.25, 0.3) is 0 Å². The largest absolute Gasteiger partial charge is 0.347 e. The van der Waals surface area contributed by atoms with Crippen molar-refractivity contribution in [3.05, 3.63) is 0 Å². The summed E-state index contributed by atoms with van der Waals surface area (Å²) in [4.78, 5) is 0. The molecule has 1 saturated carbocycles. The van der Waals surface area contributed by atoms with Crippen LogP contribution < -0.4 is 0 Å². The molecule has 0 amide bonds. The Hall–Kier alpha value is 0.190. The van der Waals surface area contributed by atoms with Crippen molar-refractivity contribution in [2.75, 3.05) is 6.26 Å². The Morgan fingerprint density at radius 1 is 1.14 bits per heavy atom. The minimum absolute atomic E-state index is 0.121. The predicted octanol–water partition coefficient (Wildman–Crippen LogP) is 1.90. The zero-order chi connectivity index (χ0) is 10.8. The molecular formula is C7H14ClNO3S2. The number of hydrogen-bond donors (Lipinski definition) is 0. The van der Waals surface area contributed by atoms with Gasteiger partial charge in [-0.1, -0.05) is 23.0 Å². The van der Waals surface area contributed by atoms with Crippen LogP contribution >= 0.6 is 10.7 Å². The molecule has 0 heterocycles. The monoisotopic (exact) mass is 259 g/mol. The molecule has 0 spiro atoms. The first-order valence-corrected chi connectivity index (χ1v) is 8.73. The number of hydrogen-bond acceptors (Lipinski definition) is 3. The number of halogens is 1. The van der Waals surface area contributed by atoms with Gasteiger partial charge in [0.1, 0.15) is 0 Å². The zero-order valence-corrected chi connectivity index (χ0v) is 10.4. The zero-order valence-electron chi connectivity index (χ0n) is 7.98. The van der Waals surface area contributed by atoms with Crippen molar-refractivity contribution in [2.24, 2.45) is 3.77 Å². The maximum Gasteiger partial charge on any atom is 0.347 e. The second-order valence-corrected chi connectivity index (χ2v) is 8.59. The molecule has 0 radical (unpaired) electrons. The van der Waals surface area contributed by atoms with Gasteiger partial charge in [-0.25, -0.2) is 4.21 Å². The third-order valence-corrected chi connectivity index (χ3v) is 6.52. The van der Waals surface area contributed by atoms with Gasteiger partial charge in [-0.2, -0.15) is 8.42 Å². The molecule has 1 aliphatic carbocycles. The van der Waals surface area contributed by atoms with E-state index in [0.717, 1.165) is 32.1 Å². The summed E-state index contributed by atoms with van der Waals surface area (Å²) in [6.45, 7) is 0. The SMILES string of the molecule is C[S@](=O)(=NS(=O)(=O)Cl)C1CCCCC1. The van der Waals surface area contributed by atoms with E-state index in [1.807, 2.05) is 0 Å². The summed E-state index contributed by atoms with van der Waals surface area (Å²) in [6.07, 6.45) is 6.06. The Kier molecular flexibility index (Phi) is 3.82. The first-order valence-electron chi connectivity index (χ1n) is 4.48. The van der Waals surface area contributed by atoms with Crippen LogP contribution in [0.4, 0.5) is 0 Å². The molecule has 14 heavy (non-hydrogen) atoms. The highest BCUT2D eigenvalue weighted by Crippen LogP contribution is 2.25. The van der Waals surface area contributed by atoms with Gasteiger partial charge in [-0.05, 0) is 12.8 Å². The maximum atomic E-state index is 11.9. The van der Waals surface area contributed by atoms with Crippen LogP contribution in [-0.2, 0) is 19.0 Å². The van der Waals surface area contributed by atoms with Gasteiger partial charge in [0.05, 0.1) is 9.73 Å². The van der Waals surface area contributed by atoms with Crippen LogP contribution in [0.1, 0.15) is 32.1 Å². The van der Waals surface area contributed by atoms with Crippen molar-refractivity contribution < 1.29 is 12.6 Å². The van der Waals surface area contributed by atoms with Gasteiger partial charge in [0.15, 0.2) is 0 Å². The fourth-order valence-corrected chi connectivity index (χ4v) is 5.86. The van der Waals surface area contributed by atoms with E-state index in [9.17, 15) is 12.6 Å². The molecule has 84 valence electrons. The average Bonchev–Trinajstić information content (AvgIpc) is 2.01. The highest BCUT2D eigenvalue weighted by atomic mass is 35.7. The molecule has 7 heteroatoms. The summed E-state index contributed by atoms with van der Waals surface area (Å²) >= 11 is 0. The topological polar surface area (TPSA) is 63.6 Å². The average molecular weight is 260 g/mol. The molecule has 0 saturated heterocycles. The van der Waals surface area contributed by atoms with Crippen LogP contribution in [0, 0.1) is 0 Å². The summed E-state index contributed by atoms with van der Waals surface area (Å²) in [5, 5.41) is -0.121. The lowest BCUT2D eigenvalue weighted by Gasteiger charge is -2.21. The van der Waals surface area contributed by atoms with Crippen molar-refractivity contribution in [1.29, 1.82) is 0 Å². The normalized spacial score (nSPS) is 24.1. The van der Waals surface area contributed by atoms with Crippen LogP contribution in [0.15, 0.2) is 3.77 Å². The quantitative estimate of drug-likeness (QED) is 0.712. The summed E-state index contributed by atoms with van der Waals surface area (Å²) in [7, 11) is -1.73. The first kappa shape index (κ1) is 12.3. The van der Waals surface area contributed by atoms with E-state index in [2.05, 4.69) is 3.77 Å². The summed E-state index contributed by atoms with van der Waals surface area (Å²) in [5.41, 5.74) is 0. The molecule has 0 bridgehead atoms. The van der Waals surface area contributed by atoms with Crippen LogP contribution in [0.25, 0.3) is 0 Å². The van der Waals surface area contributed by atoms with E-state index in [-0.39, 0.29) is 5.25 Å². The van der Waals surface area contributed by atoms with Crippen LogP contribution in [-0.4, -0.2) is 24.1 Å². The lowest BCUT2D eigenvalue weighted by Crippen LogP contribution is -2.23. The standard InChI is InChI=1S/C7H14ClNO3S2/c1-13(10,9-14(8,11)12)7-5-3-2-4-6-7/h7H,2-6H2,1H3/t13-/m1/s1. The van der Waals surface area contributed by atoms with Gasteiger partial charge in [-0.3, -0.25) is 0 Å². The summed E-state index contributed by atoms with van der Waals surface area (Å²) in [5.74, 6) is 0. The Morgan fingerprint density at radius 3 is 2.07 bits per heavy atom. The molecule has 4 nitrogen and oxygen atoms in total. The van der Waals surface area contributed by atoms with Crippen molar-refractivity contribution in [1.82, 2.24) is 0 Å². The second-order valence-electron chi connectivity index (χ2n) is 3.61. The fraction of sp³-hybridized carbons (Fsp3) is 1.00. The minimum atomic E-state index is -4.01. The molecule has 0 N–H and O–H groups in total. The van der Waals surface area contributed by atoms with Gasteiger partial charge in [0, 0.05) is 22.2 Å². The highest BCUT2D eigenvalue weighted by molar-refractivity contribution is 8.17. The Balaban J connectivity index is 2.94. The molecule has 0 aromatic heterocycles. The lowest BCUT2D eigenvalue weighted by molar-refractivity contribution is 0.503. The van der Waals surface area contributed by atoms with E-state index in [0.29, 0.717) is 0 Å². The smallest absolute Gasteiger partial charge is 0.249 e. The fourth-order valence-electron chi connectivity index (χ4n) is 1.74. The van der Waals surface area contributed by atoms with Crippen molar-refractivity contribution in [3.8, 4) is 0 Å². The van der Waals surface area contributed by atoms with Gasteiger partial charge < -0.3 is 0 Å². The molecule has 1 aliphatic rings. The van der Waals surface area contributed by atoms with Crippen LogP contribution in [0.2, 0.25) is 0 Å². The predicted molar refractivity (Wildman–Crippen MR) is 58.1 cm³/mol. The second kappa shape index (κ2) is 4.37. The molecule has 0 aromatic rings. The number of nitrogens with zero attached hydrogens (tertiary/aromatic N) is 1. The van der Waals surface area contributed by atoms with E-state index in [1.54, 1.807) is 0 Å². The molecule has 1 atom stereocenters. The maximum absolute atomic E-state index is 11.9. The van der Waals surface area contributed by atoms with Crippen LogP contribution in [0.5, 0.6) is 0 Å². The van der Waals surface area contributed by atoms with Gasteiger partial charge in [-0.15, -0.1) is 0 Å². The Bertz CT molecular complexity index is 403. The van der Waals surface area contributed by atoms with Crippen molar-refractivity contribution >= 4 is 29.6 Å². The van der Waals surface area contributed by atoms with Crippen LogP contribution in [0.3, 0.4) is 0 Å². The third kappa shape index (κ3) is 3.74. The number of rotatable bonds is 2. The van der Waals surface area contributed by atoms with Crippen molar-refractivity contribution in [3.63, 3.8) is 0 Å². The highest BCUT2D eigenvalue weighted by Gasteiger charge is 2.23. The lowest BCUT2D eigenvalue weighted by atomic mass is 10.0. The Morgan fingerprint density at radius 2 is 1.64 bits per heavy atom. The van der Waals surface area contributed by atoms with E-state index < -0.39 is 19.0 Å². The van der Waals surface area contributed by atoms with Gasteiger partial charge >= 0.3 is 9.24 Å². The molecule has 0 aliphatic heterocycles. The summed E-state index contributed by atoms with van der Waals surface area (Å²) < 4.78 is 36.6. The summed E-state index contributed by atoms with van der Waals surface area (Å²) in [6, 6.07) is 0. The molecule has 1 fully saturated rings. The first-order chi connectivity index (χ1) is 6.31. The minimum Gasteiger partial charge on any atom is -0.249 e. The molecule has 1 rings (SSSR count). The third-order valence-electron chi connectivity index (χ3n) is 2.41. The van der Waals surface area contributed by atoms with E-state index in [1.165, 1.54) is 6.26 Å². The van der Waals surface area contributed by atoms with Gasteiger partial charge in [0.2, 0.25) is 0 Å². The molecule has 0 aromatic carbocycles. The van der Waals surface area contributed by atoms with E-state index >= 15 is 0 Å². The van der Waals surface area contributed by atoms with Crippen molar-refractivity contribution in [2.45, 2.75) is 37.4 Å². The molecule has 0 unspecified atom stereocenters. The molecular weight excluding hydrogens is 246 g/mol. The van der Waals surface area contributed by atoms with E-state index in [4.69, 9.17) is 10.7 Å².